The van der Waals surface area contributed by atoms with Crippen molar-refractivity contribution in [2.45, 2.75) is 0 Å². The third-order valence-electron chi connectivity index (χ3n) is 2.67. The van der Waals surface area contributed by atoms with Gasteiger partial charge in [0.15, 0.2) is 11.6 Å². The number of hydrogen-bond acceptors (Lipinski definition) is 2. The number of rotatable bonds is 3. The summed E-state index contributed by atoms with van der Waals surface area (Å²) in [5.41, 5.74) is 1.05. The highest BCUT2D eigenvalue weighted by atomic mass is 79.9. The number of carboxylic acid groups (broad SMARTS) is 1. The first-order chi connectivity index (χ1) is 9.02. The highest BCUT2D eigenvalue weighted by molar-refractivity contribution is 9.10. The van der Waals surface area contributed by atoms with Crippen molar-refractivity contribution in [1.82, 2.24) is 0 Å². The van der Waals surface area contributed by atoms with Crippen LogP contribution in [0.25, 0.3) is 11.1 Å². The average Bonchev–Trinajstić information content (AvgIpc) is 2.38. The van der Waals surface area contributed by atoms with Crippen molar-refractivity contribution in [2.75, 3.05) is 7.11 Å². The number of ether oxygens (including phenoxy) is 1. The Kier molecular flexibility index (Phi) is 3.85. The van der Waals surface area contributed by atoms with E-state index in [4.69, 9.17) is 4.74 Å². The molecule has 1 N–H and O–H groups in total. The quantitative estimate of drug-likeness (QED) is 0.929. The van der Waals surface area contributed by atoms with Gasteiger partial charge in [-0.1, -0.05) is 28.1 Å². The van der Waals surface area contributed by atoms with Crippen molar-refractivity contribution in [2.24, 2.45) is 0 Å². The molecule has 0 saturated carbocycles. The Morgan fingerprint density at radius 3 is 2.58 bits per heavy atom. The second-order valence-corrected chi connectivity index (χ2v) is 4.76. The summed E-state index contributed by atoms with van der Waals surface area (Å²) in [5.74, 6) is -1.47. The number of benzene rings is 2. The lowest BCUT2D eigenvalue weighted by Crippen LogP contribution is -2.00. The van der Waals surface area contributed by atoms with Gasteiger partial charge in [-0.05, 0) is 35.4 Å². The van der Waals surface area contributed by atoms with Gasteiger partial charge in [0.25, 0.3) is 0 Å². The van der Waals surface area contributed by atoms with E-state index in [1.54, 1.807) is 18.2 Å². The summed E-state index contributed by atoms with van der Waals surface area (Å²) in [6, 6.07) is 9.18. The molecule has 3 nitrogen and oxygen atoms in total. The van der Waals surface area contributed by atoms with Crippen LogP contribution >= 0.6 is 15.9 Å². The normalized spacial score (nSPS) is 10.3. The van der Waals surface area contributed by atoms with E-state index in [2.05, 4.69) is 15.9 Å². The van der Waals surface area contributed by atoms with E-state index in [9.17, 15) is 14.3 Å². The highest BCUT2D eigenvalue weighted by Gasteiger charge is 2.14. The lowest BCUT2D eigenvalue weighted by atomic mass is 9.99. The molecule has 19 heavy (non-hydrogen) atoms. The molecule has 0 atom stereocenters. The van der Waals surface area contributed by atoms with Crippen LogP contribution in [0.4, 0.5) is 4.39 Å². The Morgan fingerprint density at radius 2 is 2.00 bits per heavy atom. The number of carbonyl (C=O) groups is 1. The van der Waals surface area contributed by atoms with Crippen molar-refractivity contribution in [1.29, 1.82) is 0 Å². The molecule has 0 heterocycles. The van der Waals surface area contributed by atoms with Crippen LogP contribution in [0.2, 0.25) is 0 Å². The molecule has 2 rings (SSSR count). The second-order valence-electron chi connectivity index (χ2n) is 3.84. The van der Waals surface area contributed by atoms with Gasteiger partial charge in [0.1, 0.15) is 0 Å². The van der Waals surface area contributed by atoms with Crippen molar-refractivity contribution < 1.29 is 19.0 Å². The monoisotopic (exact) mass is 324 g/mol. The van der Waals surface area contributed by atoms with Crippen molar-refractivity contribution in [3.05, 3.63) is 52.3 Å². The number of aromatic carboxylic acids is 1. The van der Waals surface area contributed by atoms with Crippen LogP contribution in [0, 0.1) is 5.82 Å². The van der Waals surface area contributed by atoms with Gasteiger partial charge in [-0.15, -0.1) is 0 Å². The smallest absolute Gasteiger partial charge is 0.336 e. The Balaban J connectivity index is 2.58. The molecule has 0 aromatic heterocycles. The third-order valence-corrected chi connectivity index (χ3v) is 3.17. The lowest BCUT2D eigenvalue weighted by Gasteiger charge is -2.09. The fraction of sp³-hybridized carbons (Fsp3) is 0.0714. The van der Waals surface area contributed by atoms with E-state index < -0.39 is 11.8 Å². The summed E-state index contributed by atoms with van der Waals surface area (Å²) in [6.07, 6.45) is 0. The van der Waals surface area contributed by atoms with Crippen LogP contribution in [0.3, 0.4) is 0 Å². The Morgan fingerprint density at radius 1 is 1.26 bits per heavy atom. The standard InChI is InChI=1S/C14H10BrFO3/c1-19-13-5-2-8(6-12(13)16)10-4-3-9(15)7-11(10)14(17)18/h2-7H,1H3,(H,17,18). The van der Waals surface area contributed by atoms with Crippen LogP contribution in [0.15, 0.2) is 40.9 Å². The number of methoxy groups -OCH3 is 1. The second kappa shape index (κ2) is 5.40. The summed E-state index contributed by atoms with van der Waals surface area (Å²) < 4.78 is 19.2. The largest absolute Gasteiger partial charge is 0.494 e. The summed E-state index contributed by atoms with van der Waals surface area (Å²) >= 11 is 3.22. The summed E-state index contributed by atoms with van der Waals surface area (Å²) in [5, 5.41) is 9.18. The summed E-state index contributed by atoms with van der Waals surface area (Å²) in [7, 11) is 1.38. The Bertz CT molecular complexity index is 641. The first-order valence-electron chi connectivity index (χ1n) is 5.39. The molecule has 98 valence electrons. The number of halogens is 2. The molecule has 0 aliphatic carbocycles. The predicted molar refractivity (Wildman–Crippen MR) is 73.0 cm³/mol. The molecule has 0 radical (unpaired) electrons. The highest BCUT2D eigenvalue weighted by Crippen LogP contribution is 2.29. The maximum absolute atomic E-state index is 13.7. The Labute approximate surface area is 117 Å². The topological polar surface area (TPSA) is 46.5 Å². The van der Waals surface area contributed by atoms with Gasteiger partial charge in [0.2, 0.25) is 0 Å². The van der Waals surface area contributed by atoms with E-state index in [0.717, 1.165) is 0 Å². The first kappa shape index (κ1) is 13.5. The van der Waals surface area contributed by atoms with Gasteiger partial charge in [0, 0.05) is 4.47 Å². The van der Waals surface area contributed by atoms with Gasteiger partial charge in [-0.25, -0.2) is 9.18 Å². The minimum Gasteiger partial charge on any atom is -0.494 e. The molecule has 0 aliphatic rings. The number of carboxylic acids is 1. The summed E-state index contributed by atoms with van der Waals surface area (Å²) in [4.78, 5) is 11.2. The molecule has 0 amide bonds. The van der Waals surface area contributed by atoms with Crippen LogP contribution in [0.1, 0.15) is 10.4 Å². The molecule has 0 spiro atoms. The minimum atomic E-state index is -1.06. The SMILES string of the molecule is COc1ccc(-c2ccc(Br)cc2C(=O)O)cc1F. The molecule has 2 aromatic carbocycles. The van der Waals surface area contributed by atoms with Crippen LogP contribution < -0.4 is 4.74 Å². The van der Waals surface area contributed by atoms with Crippen LogP contribution in [0.5, 0.6) is 5.75 Å². The van der Waals surface area contributed by atoms with Gasteiger partial charge < -0.3 is 9.84 Å². The van der Waals surface area contributed by atoms with Gasteiger partial charge in [-0.3, -0.25) is 0 Å². The van der Waals surface area contributed by atoms with E-state index >= 15 is 0 Å². The summed E-state index contributed by atoms with van der Waals surface area (Å²) in [6.45, 7) is 0. The first-order valence-corrected chi connectivity index (χ1v) is 6.19. The van der Waals surface area contributed by atoms with Crippen molar-refractivity contribution in [3.63, 3.8) is 0 Å². The lowest BCUT2D eigenvalue weighted by molar-refractivity contribution is 0.0697. The molecular formula is C14H10BrFO3. The van der Waals surface area contributed by atoms with E-state index in [-0.39, 0.29) is 11.3 Å². The molecule has 0 unspecified atom stereocenters. The molecule has 0 aliphatic heterocycles. The zero-order valence-corrected chi connectivity index (χ0v) is 11.6. The maximum atomic E-state index is 13.7. The van der Waals surface area contributed by atoms with E-state index in [1.807, 2.05) is 0 Å². The number of hydrogen-bond donors (Lipinski definition) is 1. The average molecular weight is 325 g/mol. The fourth-order valence-corrected chi connectivity index (χ4v) is 2.14. The van der Waals surface area contributed by atoms with Gasteiger partial charge in [0.05, 0.1) is 12.7 Å². The molecule has 2 aromatic rings. The van der Waals surface area contributed by atoms with E-state index in [1.165, 1.54) is 25.3 Å². The molecule has 0 bridgehead atoms. The zero-order chi connectivity index (χ0) is 14.0. The minimum absolute atomic E-state index is 0.110. The molecule has 0 fully saturated rings. The predicted octanol–water partition coefficient (Wildman–Crippen LogP) is 3.96. The molecule has 0 saturated heterocycles. The maximum Gasteiger partial charge on any atom is 0.336 e. The van der Waals surface area contributed by atoms with Crippen LogP contribution in [-0.4, -0.2) is 18.2 Å². The Hall–Kier alpha value is -1.88. The van der Waals surface area contributed by atoms with Gasteiger partial charge in [-0.2, -0.15) is 0 Å². The molecular weight excluding hydrogens is 315 g/mol. The van der Waals surface area contributed by atoms with Crippen molar-refractivity contribution >= 4 is 21.9 Å². The molecule has 5 heteroatoms. The fourth-order valence-electron chi connectivity index (χ4n) is 1.78. The van der Waals surface area contributed by atoms with Gasteiger partial charge >= 0.3 is 5.97 Å². The van der Waals surface area contributed by atoms with Crippen LogP contribution in [-0.2, 0) is 0 Å². The zero-order valence-electron chi connectivity index (χ0n) is 9.98. The van der Waals surface area contributed by atoms with Crippen molar-refractivity contribution in [3.8, 4) is 16.9 Å². The van der Waals surface area contributed by atoms with E-state index in [0.29, 0.717) is 15.6 Å². The third kappa shape index (κ3) is 2.76.